The molecule has 0 radical (unpaired) electrons. The summed E-state index contributed by atoms with van der Waals surface area (Å²) in [5.74, 6) is -4.76. The molecule has 0 aliphatic carbocycles. The predicted molar refractivity (Wildman–Crippen MR) is 52.0 cm³/mol. The van der Waals surface area contributed by atoms with Crippen molar-refractivity contribution in [3.63, 3.8) is 0 Å². The first kappa shape index (κ1) is 12.8. The van der Waals surface area contributed by atoms with Crippen LogP contribution < -0.4 is 0 Å². The Kier molecular flexibility index (Phi) is 3.88. The molecule has 0 amide bonds. The quantitative estimate of drug-likeness (QED) is 0.456. The van der Waals surface area contributed by atoms with Crippen LogP contribution in [0.5, 0.6) is 0 Å². The van der Waals surface area contributed by atoms with Crippen LogP contribution in [0, 0.1) is 23.0 Å². The zero-order valence-electron chi connectivity index (χ0n) is 8.79. The summed E-state index contributed by atoms with van der Waals surface area (Å²) in [7, 11) is 0. The number of ether oxygens (including phenoxy) is 1. The minimum Gasteiger partial charge on any atom is -0.460 e. The number of esters is 1. The molecule has 17 heavy (non-hydrogen) atoms. The average Bonchev–Trinajstić information content (AvgIpc) is 2.31. The van der Waals surface area contributed by atoms with Crippen molar-refractivity contribution in [3.8, 4) is 6.07 Å². The summed E-state index contributed by atoms with van der Waals surface area (Å²) in [5.41, 5.74) is -1.29. The molecule has 0 heterocycles. The number of benzene rings is 1. The number of carbonyl (C=O) groups is 2. The van der Waals surface area contributed by atoms with Crippen LogP contribution in [0.1, 0.15) is 22.8 Å². The van der Waals surface area contributed by atoms with E-state index in [1.807, 2.05) is 0 Å². The van der Waals surface area contributed by atoms with Crippen LogP contribution in [0.25, 0.3) is 0 Å². The van der Waals surface area contributed by atoms with Gasteiger partial charge in [0.25, 0.3) is 5.78 Å². The SMILES string of the molecule is CCOC(=O)C(=O)c1cc(F)c(C#N)cc1F. The molecule has 1 aromatic rings. The van der Waals surface area contributed by atoms with Gasteiger partial charge in [0.1, 0.15) is 17.7 Å². The van der Waals surface area contributed by atoms with Crippen molar-refractivity contribution in [3.05, 3.63) is 34.9 Å². The Bertz CT molecular complexity index is 520. The Labute approximate surface area is 95.4 Å². The van der Waals surface area contributed by atoms with E-state index >= 15 is 0 Å². The fourth-order valence-electron chi connectivity index (χ4n) is 1.11. The van der Waals surface area contributed by atoms with E-state index < -0.39 is 34.5 Å². The van der Waals surface area contributed by atoms with Crippen molar-refractivity contribution in [2.45, 2.75) is 6.92 Å². The first-order valence-electron chi connectivity index (χ1n) is 4.61. The Morgan fingerprint density at radius 2 is 2.00 bits per heavy atom. The monoisotopic (exact) mass is 239 g/mol. The third-order valence-electron chi connectivity index (χ3n) is 1.88. The van der Waals surface area contributed by atoms with E-state index in [9.17, 15) is 18.4 Å². The Morgan fingerprint density at radius 3 is 2.53 bits per heavy atom. The van der Waals surface area contributed by atoms with Crippen LogP contribution in [0.2, 0.25) is 0 Å². The predicted octanol–water partition coefficient (Wildman–Crippen LogP) is 1.58. The van der Waals surface area contributed by atoms with Gasteiger partial charge in [0, 0.05) is 0 Å². The third-order valence-corrected chi connectivity index (χ3v) is 1.88. The molecule has 0 bridgehead atoms. The summed E-state index contributed by atoms with van der Waals surface area (Å²) in [4.78, 5) is 22.4. The largest absolute Gasteiger partial charge is 0.460 e. The smallest absolute Gasteiger partial charge is 0.379 e. The zero-order chi connectivity index (χ0) is 13.0. The highest BCUT2D eigenvalue weighted by Gasteiger charge is 2.23. The molecule has 1 rings (SSSR count). The lowest BCUT2D eigenvalue weighted by atomic mass is 10.1. The molecule has 6 heteroatoms. The first-order valence-corrected chi connectivity index (χ1v) is 4.61. The normalized spacial score (nSPS) is 9.53. The van der Waals surface area contributed by atoms with E-state index in [4.69, 9.17) is 5.26 Å². The minimum absolute atomic E-state index is 0.0506. The fourth-order valence-corrected chi connectivity index (χ4v) is 1.11. The van der Waals surface area contributed by atoms with Crippen molar-refractivity contribution in [2.24, 2.45) is 0 Å². The second kappa shape index (κ2) is 5.16. The molecule has 0 aliphatic rings. The Hall–Kier alpha value is -2.29. The Balaban J connectivity index is 3.16. The Morgan fingerprint density at radius 1 is 1.35 bits per heavy atom. The maximum absolute atomic E-state index is 13.3. The second-order valence-electron chi connectivity index (χ2n) is 2.97. The van der Waals surface area contributed by atoms with Gasteiger partial charge in [0.2, 0.25) is 0 Å². The van der Waals surface area contributed by atoms with Crippen LogP contribution in [0.4, 0.5) is 8.78 Å². The van der Waals surface area contributed by atoms with Gasteiger partial charge in [-0.1, -0.05) is 0 Å². The summed E-state index contributed by atoms with van der Waals surface area (Å²) in [6.45, 7) is 1.42. The number of carbonyl (C=O) groups excluding carboxylic acids is 2. The maximum Gasteiger partial charge on any atom is 0.379 e. The van der Waals surface area contributed by atoms with Gasteiger partial charge in [-0.25, -0.2) is 13.6 Å². The molecule has 1 aromatic carbocycles. The highest BCUT2D eigenvalue weighted by molar-refractivity contribution is 6.40. The van der Waals surface area contributed by atoms with Crippen molar-refractivity contribution in [2.75, 3.05) is 6.61 Å². The molecule has 0 saturated heterocycles. The molecule has 4 nitrogen and oxygen atoms in total. The zero-order valence-corrected chi connectivity index (χ0v) is 8.79. The number of ketones is 1. The summed E-state index contributed by atoms with van der Waals surface area (Å²) >= 11 is 0. The molecule has 0 spiro atoms. The van der Waals surface area contributed by atoms with Gasteiger partial charge in [-0.2, -0.15) is 5.26 Å². The van der Waals surface area contributed by atoms with Crippen LogP contribution in [0.3, 0.4) is 0 Å². The van der Waals surface area contributed by atoms with Crippen molar-refractivity contribution in [1.29, 1.82) is 5.26 Å². The maximum atomic E-state index is 13.3. The molecular weight excluding hydrogens is 232 g/mol. The number of nitriles is 1. The number of hydrogen-bond donors (Lipinski definition) is 0. The van der Waals surface area contributed by atoms with Gasteiger partial charge in [0.05, 0.1) is 17.7 Å². The summed E-state index contributed by atoms with van der Waals surface area (Å²) < 4.78 is 30.8. The van der Waals surface area contributed by atoms with E-state index in [0.717, 1.165) is 0 Å². The van der Waals surface area contributed by atoms with Crippen LogP contribution in [0.15, 0.2) is 12.1 Å². The standard InChI is InChI=1S/C11H7F2NO3/c1-2-17-11(16)10(15)7-4-8(12)6(5-14)3-9(7)13/h3-4H,2H2,1H3. The number of nitrogens with zero attached hydrogens (tertiary/aromatic N) is 1. The molecule has 0 saturated carbocycles. The fraction of sp³-hybridized carbons (Fsp3) is 0.182. The number of Topliss-reactive ketones (excluding diaryl/α,β-unsaturated/α-hetero) is 1. The van der Waals surface area contributed by atoms with Gasteiger partial charge < -0.3 is 4.74 Å². The molecule has 0 N–H and O–H groups in total. The third kappa shape index (κ3) is 2.64. The molecule has 0 atom stereocenters. The van der Waals surface area contributed by atoms with Gasteiger partial charge in [-0.05, 0) is 19.1 Å². The van der Waals surface area contributed by atoms with Crippen molar-refractivity contribution >= 4 is 11.8 Å². The van der Waals surface area contributed by atoms with Crippen LogP contribution in [-0.2, 0) is 9.53 Å². The van der Waals surface area contributed by atoms with E-state index in [-0.39, 0.29) is 6.61 Å². The lowest BCUT2D eigenvalue weighted by Crippen LogP contribution is -2.19. The number of hydrogen-bond acceptors (Lipinski definition) is 4. The molecule has 0 aliphatic heterocycles. The topological polar surface area (TPSA) is 67.2 Å². The van der Waals surface area contributed by atoms with Crippen LogP contribution >= 0.6 is 0 Å². The lowest BCUT2D eigenvalue weighted by molar-refractivity contribution is -0.137. The first-order chi connectivity index (χ1) is 8.01. The second-order valence-corrected chi connectivity index (χ2v) is 2.97. The van der Waals surface area contributed by atoms with Gasteiger partial charge in [0.15, 0.2) is 0 Å². The van der Waals surface area contributed by atoms with E-state index in [0.29, 0.717) is 12.1 Å². The summed E-state index contributed by atoms with van der Waals surface area (Å²) in [6.07, 6.45) is 0. The number of rotatable bonds is 3. The lowest BCUT2D eigenvalue weighted by Gasteiger charge is -2.03. The molecular formula is C11H7F2NO3. The van der Waals surface area contributed by atoms with Crippen LogP contribution in [-0.4, -0.2) is 18.4 Å². The summed E-state index contributed by atoms with van der Waals surface area (Å²) in [6, 6.07) is 2.48. The number of halogens is 2. The van der Waals surface area contributed by atoms with E-state index in [1.165, 1.54) is 13.0 Å². The molecule has 88 valence electrons. The summed E-state index contributed by atoms with van der Waals surface area (Å²) in [5, 5.41) is 8.43. The molecule has 0 unspecified atom stereocenters. The molecule has 0 aromatic heterocycles. The van der Waals surface area contributed by atoms with Gasteiger partial charge >= 0.3 is 5.97 Å². The average molecular weight is 239 g/mol. The van der Waals surface area contributed by atoms with Crippen molar-refractivity contribution < 1.29 is 23.1 Å². The highest BCUT2D eigenvalue weighted by atomic mass is 19.1. The highest BCUT2D eigenvalue weighted by Crippen LogP contribution is 2.15. The minimum atomic E-state index is -1.28. The van der Waals surface area contributed by atoms with Crippen molar-refractivity contribution in [1.82, 2.24) is 0 Å². The van der Waals surface area contributed by atoms with E-state index in [2.05, 4.69) is 4.74 Å². The van der Waals surface area contributed by atoms with E-state index in [1.54, 1.807) is 0 Å². The molecule has 0 fully saturated rings. The van der Waals surface area contributed by atoms with Gasteiger partial charge in [-0.15, -0.1) is 0 Å². The van der Waals surface area contributed by atoms with Gasteiger partial charge in [-0.3, -0.25) is 4.79 Å².